The minimum Gasteiger partial charge on any atom is -0.496 e. The summed E-state index contributed by atoms with van der Waals surface area (Å²) in [7, 11) is 1.65. The number of methoxy groups -OCH3 is 1. The lowest BCUT2D eigenvalue weighted by atomic mass is 10.1. The Kier molecular flexibility index (Phi) is 4.97. The largest absolute Gasteiger partial charge is 0.496 e. The van der Waals surface area contributed by atoms with Crippen LogP contribution in [-0.2, 0) is 11.3 Å². The van der Waals surface area contributed by atoms with Crippen LogP contribution < -0.4 is 15.4 Å². The Labute approximate surface area is 102 Å². The molecule has 0 radical (unpaired) electrons. The summed E-state index contributed by atoms with van der Waals surface area (Å²) in [5.74, 6) is 0.582. The average molecular weight is 237 g/mol. The van der Waals surface area contributed by atoms with Crippen molar-refractivity contribution in [3.63, 3.8) is 0 Å². The molecule has 4 nitrogen and oxygen atoms in total. The van der Waals surface area contributed by atoms with Gasteiger partial charge in [-0.15, -0.1) is 0 Å². The number of ether oxygens (including phenoxy) is 1. The van der Waals surface area contributed by atoms with E-state index in [1.54, 1.807) is 7.11 Å². The number of benzene rings is 1. The monoisotopic (exact) mass is 237 g/mol. The highest BCUT2D eigenvalue weighted by atomic mass is 16.5. The van der Waals surface area contributed by atoms with Gasteiger partial charge >= 0.3 is 0 Å². The number of rotatable bonds is 6. The molecule has 0 aliphatic rings. The minimum absolute atomic E-state index is 0.274. The van der Waals surface area contributed by atoms with Crippen molar-refractivity contribution < 1.29 is 14.4 Å². The van der Waals surface area contributed by atoms with Crippen LogP contribution in [0.2, 0.25) is 0 Å². The zero-order valence-corrected chi connectivity index (χ0v) is 10.7. The molecule has 3 N–H and O–H groups in total. The fourth-order valence-corrected chi connectivity index (χ4v) is 1.79. The van der Waals surface area contributed by atoms with Crippen LogP contribution in [0.15, 0.2) is 24.3 Å². The van der Waals surface area contributed by atoms with Crippen molar-refractivity contribution in [2.45, 2.75) is 26.4 Å². The molecule has 17 heavy (non-hydrogen) atoms. The summed E-state index contributed by atoms with van der Waals surface area (Å²) in [5, 5.41) is 0. The molecular formula is C13H21N2O2+. The van der Waals surface area contributed by atoms with E-state index in [0.29, 0.717) is 12.6 Å². The molecule has 4 heteroatoms. The number of hydrogen-bond donors (Lipinski definition) is 2. The van der Waals surface area contributed by atoms with Gasteiger partial charge in [0.05, 0.1) is 13.2 Å². The molecule has 1 aromatic rings. The van der Waals surface area contributed by atoms with Crippen LogP contribution in [0.3, 0.4) is 0 Å². The Bertz CT molecular complexity index is 377. The molecule has 0 saturated heterocycles. The first-order chi connectivity index (χ1) is 8.04. The van der Waals surface area contributed by atoms with E-state index in [4.69, 9.17) is 10.5 Å². The van der Waals surface area contributed by atoms with Gasteiger partial charge in [-0.2, -0.15) is 0 Å². The number of para-hydroxylation sites is 1. The molecule has 1 aromatic carbocycles. The van der Waals surface area contributed by atoms with E-state index in [-0.39, 0.29) is 5.91 Å². The third-order valence-corrected chi connectivity index (χ3v) is 2.83. The second kappa shape index (κ2) is 6.25. The van der Waals surface area contributed by atoms with Gasteiger partial charge in [0.25, 0.3) is 5.91 Å². The van der Waals surface area contributed by atoms with Gasteiger partial charge in [0.2, 0.25) is 0 Å². The van der Waals surface area contributed by atoms with Gasteiger partial charge in [0.15, 0.2) is 6.54 Å². The Balaban J connectivity index is 2.81. The molecule has 0 aromatic heterocycles. The summed E-state index contributed by atoms with van der Waals surface area (Å²) >= 11 is 0. The van der Waals surface area contributed by atoms with Gasteiger partial charge in [-0.25, -0.2) is 0 Å². The van der Waals surface area contributed by atoms with Crippen LogP contribution in [0.5, 0.6) is 5.75 Å². The number of nitrogens with one attached hydrogen (secondary N) is 1. The molecule has 0 spiro atoms. The van der Waals surface area contributed by atoms with Crippen LogP contribution in [0.1, 0.15) is 19.4 Å². The van der Waals surface area contributed by atoms with Crippen LogP contribution in [-0.4, -0.2) is 25.6 Å². The molecule has 1 amide bonds. The highest BCUT2D eigenvalue weighted by Gasteiger charge is 2.18. The molecule has 0 bridgehead atoms. The maximum atomic E-state index is 11.0. The standard InChI is InChI=1S/C13H20N2O2/c1-10(2)15(9-13(14)16)8-11-6-4-5-7-12(11)17-3/h4-7,10H,8-9H2,1-3H3,(H2,14,16)/p+1. The van der Waals surface area contributed by atoms with Crippen LogP contribution in [0.25, 0.3) is 0 Å². The number of quaternary nitrogens is 1. The van der Waals surface area contributed by atoms with E-state index < -0.39 is 0 Å². The predicted molar refractivity (Wildman–Crippen MR) is 66.9 cm³/mol. The SMILES string of the molecule is COc1ccccc1C[NH+](CC(N)=O)C(C)C. The zero-order valence-electron chi connectivity index (χ0n) is 10.7. The third-order valence-electron chi connectivity index (χ3n) is 2.83. The van der Waals surface area contributed by atoms with E-state index in [2.05, 4.69) is 13.8 Å². The van der Waals surface area contributed by atoms with Gasteiger partial charge in [-0.1, -0.05) is 12.1 Å². The van der Waals surface area contributed by atoms with Gasteiger partial charge in [-0.05, 0) is 26.0 Å². The molecule has 0 saturated carbocycles. The second-order valence-corrected chi connectivity index (χ2v) is 4.44. The minimum atomic E-state index is -0.274. The number of amides is 1. The first-order valence-corrected chi connectivity index (χ1v) is 5.79. The molecule has 1 unspecified atom stereocenters. The van der Waals surface area contributed by atoms with E-state index in [1.165, 1.54) is 0 Å². The lowest BCUT2D eigenvalue weighted by Crippen LogP contribution is -3.14. The third kappa shape index (κ3) is 4.07. The number of carbonyl (C=O) groups excluding carboxylic acids is 1. The summed E-state index contributed by atoms with van der Waals surface area (Å²) in [5.41, 5.74) is 6.36. The zero-order chi connectivity index (χ0) is 12.8. The van der Waals surface area contributed by atoms with E-state index in [1.807, 2.05) is 24.3 Å². The van der Waals surface area contributed by atoms with Crippen molar-refractivity contribution in [1.82, 2.24) is 0 Å². The van der Waals surface area contributed by atoms with Crippen molar-refractivity contribution in [1.29, 1.82) is 0 Å². The Morgan fingerprint density at radius 2 is 2.06 bits per heavy atom. The van der Waals surface area contributed by atoms with E-state index in [9.17, 15) is 4.79 Å². The molecule has 1 rings (SSSR count). The van der Waals surface area contributed by atoms with Gasteiger partial charge < -0.3 is 15.4 Å². The first-order valence-electron chi connectivity index (χ1n) is 5.79. The maximum Gasteiger partial charge on any atom is 0.272 e. The number of primary amides is 1. The predicted octanol–water partition coefficient (Wildman–Crippen LogP) is -0.0262. The molecule has 0 fully saturated rings. The summed E-state index contributed by atoms with van der Waals surface area (Å²) in [6.07, 6.45) is 0. The summed E-state index contributed by atoms with van der Waals surface area (Å²) in [4.78, 5) is 12.2. The van der Waals surface area contributed by atoms with Crippen molar-refractivity contribution in [3.05, 3.63) is 29.8 Å². The summed E-state index contributed by atoms with van der Waals surface area (Å²) in [6.45, 7) is 5.24. The van der Waals surface area contributed by atoms with Gasteiger partial charge in [-0.3, -0.25) is 4.79 Å². The van der Waals surface area contributed by atoms with Crippen molar-refractivity contribution in [3.8, 4) is 5.75 Å². The van der Waals surface area contributed by atoms with Crippen molar-refractivity contribution >= 4 is 5.91 Å². The van der Waals surface area contributed by atoms with Crippen LogP contribution in [0.4, 0.5) is 0 Å². The highest BCUT2D eigenvalue weighted by molar-refractivity contribution is 5.74. The molecule has 94 valence electrons. The maximum absolute atomic E-state index is 11.0. The number of carbonyl (C=O) groups is 1. The Morgan fingerprint density at radius 1 is 1.41 bits per heavy atom. The van der Waals surface area contributed by atoms with E-state index in [0.717, 1.165) is 22.8 Å². The molecular weight excluding hydrogens is 216 g/mol. The summed E-state index contributed by atoms with van der Waals surface area (Å²) < 4.78 is 5.30. The smallest absolute Gasteiger partial charge is 0.272 e. The average Bonchev–Trinajstić information content (AvgIpc) is 2.28. The Hall–Kier alpha value is -1.55. The molecule has 1 atom stereocenters. The quantitative estimate of drug-likeness (QED) is 0.730. The highest BCUT2D eigenvalue weighted by Crippen LogP contribution is 2.15. The van der Waals surface area contributed by atoms with Gasteiger partial charge in [0, 0.05) is 5.56 Å². The lowest BCUT2D eigenvalue weighted by molar-refractivity contribution is -0.927. The fourth-order valence-electron chi connectivity index (χ4n) is 1.79. The topological polar surface area (TPSA) is 56.8 Å². The molecule has 0 heterocycles. The lowest BCUT2D eigenvalue weighted by Gasteiger charge is -2.22. The number of hydrogen-bond acceptors (Lipinski definition) is 2. The fraction of sp³-hybridized carbons (Fsp3) is 0.462. The van der Waals surface area contributed by atoms with Crippen LogP contribution >= 0.6 is 0 Å². The second-order valence-electron chi connectivity index (χ2n) is 4.44. The normalized spacial score (nSPS) is 12.5. The van der Waals surface area contributed by atoms with Gasteiger partial charge in [0.1, 0.15) is 12.3 Å². The first kappa shape index (κ1) is 13.5. The summed E-state index contributed by atoms with van der Waals surface area (Å²) in [6, 6.07) is 8.19. The Morgan fingerprint density at radius 3 is 2.59 bits per heavy atom. The van der Waals surface area contributed by atoms with Crippen molar-refractivity contribution in [2.75, 3.05) is 13.7 Å². The molecule has 0 aliphatic heterocycles. The van der Waals surface area contributed by atoms with Crippen molar-refractivity contribution in [2.24, 2.45) is 5.73 Å². The van der Waals surface area contributed by atoms with E-state index >= 15 is 0 Å². The number of nitrogens with two attached hydrogens (primary N) is 1. The molecule has 0 aliphatic carbocycles. The van der Waals surface area contributed by atoms with Crippen LogP contribution in [0, 0.1) is 0 Å².